The number of halogens is 2. The topological polar surface area (TPSA) is 37.3 Å². The van der Waals surface area contributed by atoms with Crippen LogP contribution in [0.4, 0.5) is 8.78 Å². The number of rotatable bonds is 4. The van der Waals surface area contributed by atoms with Crippen LogP contribution in [-0.2, 0) is 4.79 Å². The molecule has 0 aliphatic rings. The molecule has 0 unspecified atom stereocenters. The minimum atomic E-state index is -2.41. The lowest BCUT2D eigenvalue weighted by atomic mass is 9.93. The standard InChI is InChI=1S/C7H12F2O2/c1-5(2)6(10)7(11,3-8)4-9/h5,11H,3-4H2,1-2H3. The number of carbonyl (C=O) groups excluding carboxylic acids is 1. The van der Waals surface area contributed by atoms with Gasteiger partial charge in [-0.25, -0.2) is 8.78 Å². The molecule has 0 aromatic carbocycles. The Hall–Kier alpha value is -0.510. The van der Waals surface area contributed by atoms with Gasteiger partial charge < -0.3 is 5.11 Å². The van der Waals surface area contributed by atoms with E-state index < -0.39 is 30.7 Å². The predicted molar refractivity (Wildman–Crippen MR) is 36.7 cm³/mol. The number of carbonyl (C=O) groups is 1. The summed E-state index contributed by atoms with van der Waals surface area (Å²) in [6, 6.07) is 0. The van der Waals surface area contributed by atoms with Gasteiger partial charge in [-0.2, -0.15) is 0 Å². The molecule has 0 aliphatic carbocycles. The Morgan fingerprint density at radius 1 is 1.45 bits per heavy atom. The monoisotopic (exact) mass is 166 g/mol. The zero-order valence-corrected chi connectivity index (χ0v) is 6.60. The van der Waals surface area contributed by atoms with Crippen molar-refractivity contribution in [2.45, 2.75) is 19.4 Å². The summed E-state index contributed by atoms with van der Waals surface area (Å²) in [5.41, 5.74) is -2.41. The Morgan fingerprint density at radius 3 is 1.91 bits per heavy atom. The first-order valence-electron chi connectivity index (χ1n) is 3.36. The Morgan fingerprint density at radius 2 is 1.82 bits per heavy atom. The Kier molecular flexibility index (Phi) is 3.58. The highest BCUT2D eigenvalue weighted by Gasteiger charge is 2.37. The predicted octanol–water partition coefficient (Wildman–Crippen LogP) is 0.882. The largest absolute Gasteiger partial charge is 0.377 e. The van der Waals surface area contributed by atoms with E-state index in [1.807, 2.05) is 0 Å². The Labute approximate surface area is 64.2 Å². The lowest BCUT2D eigenvalue weighted by Gasteiger charge is -2.21. The van der Waals surface area contributed by atoms with Crippen molar-refractivity contribution in [1.82, 2.24) is 0 Å². The van der Waals surface area contributed by atoms with E-state index in [1.165, 1.54) is 13.8 Å². The summed E-state index contributed by atoms with van der Waals surface area (Å²) in [6.07, 6.45) is 0. The molecule has 0 rings (SSSR count). The van der Waals surface area contributed by atoms with Crippen molar-refractivity contribution in [3.05, 3.63) is 0 Å². The van der Waals surface area contributed by atoms with E-state index in [0.717, 1.165) is 0 Å². The Bertz CT molecular complexity index is 141. The minimum Gasteiger partial charge on any atom is -0.377 e. The van der Waals surface area contributed by atoms with Gasteiger partial charge in [0, 0.05) is 5.92 Å². The molecule has 0 amide bonds. The quantitative estimate of drug-likeness (QED) is 0.673. The minimum absolute atomic E-state index is 0.550. The van der Waals surface area contributed by atoms with Crippen LogP contribution < -0.4 is 0 Å². The number of ketones is 1. The zero-order valence-electron chi connectivity index (χ0n) is 6.60. The summed E-state index contributed by atoms with van der Waals surface area (Å²) in [5.74, 6) is -1.34. The van der Waals surface area contributed by atoms with Crippen molar-refractivity contribution in [3.8, 4) is 0 Å². The van der Waals surface area contributed by atoms with Gasteiger partial charge in [-0.1, -0.05) is 13.8 Å². The smallest absolute Gasteiger partial charge is 0.179 e. The average Bonchev–Trinajstić information content (AvgIpc) is 2.01. The highest BCUT2D eigenvalue weighted by Crippen LogP contribution is 2.13. The molecular weight excluding hydrogens is 154 g/mol. The highest BCUT2D eigenvalue weighted by molar-refractivity contribution is 5.88. The second-order valence-electron chi connectivity index (χ2n) is 2.82. The van der Waals surface area contributed by atoms with Crippen LogP contribution in [0.25, 0.3) is 0 Å². The molecule has 4 heteroatoms. The molecule has 0 spiro atoms. The van der Waals surface area contributed by atoms with Crippen LogP contribution >= 0.6 is 0 Å². The summed E-state index contributed by atoms with van der Waals surface area (Å²) in [7, 11) is 0. The normalized spacial score (nSPS) is 12.2. The third kappa shape index (κ3) is 2.22. The lowest BCUT2D eigenvalue weighted by molar-refractivity contribution is -0.144. The lowest BCUT2D eigenvalue weighted by Crippen LogP contribution is -2.45. The third-order valence-electron chi connectivity index (χ3n) is 1.43. The van der Waals surface area contributed by atoms with E-state index in [2.05, 4.69) is 0 Å². The highest BCUT2D eigenvalue weighted by atomic mass is 19.1. The second-order valence-corrected chi connectivity index (χ2v) is 2.82. The SMILES string of the molecule is CC(C)C(=O)C(O)(CF)CF. The van der Waals surface area contributed by atoms with Crippen molar-refractivity contribution >= 4 is 5.78 Å². The number of hydrogen-bond donors (Lipinski definition) is 1. The molecule has 0 heterocycles. The van der Waals surface area contributed by atoms with Crippen LogP contribution in [0, 0.1) is 5.92 Å². The van der Waals surface area contributed by atoms with E-state index in [4.69, 9.17) is 5.11 Å². The molecule has 0 saturated carbocycles. The first kappa shape index (κ1) is 10.5. The molecule has 0 aromatic rings. The first-order valence-corrected chi connectivity index (χ1v) is 3.36. The number of hydrogen-bond acceptors (Lipinski definition) is 2. The molecule has 2 nitrogen and oxygen atoms in total. The van der Waals surface area contributed by atoms with Crippen LogP contribution in [-0.4, -0.2) is 29.8 Å². The maximum absolute atomic E-state index is 11.9. The molecule has 0 aromatic heterocycles. The second kappa shape index (κ2) is 3.76. The van der Waals surface area contributed by atoms with Crippen molar-refractivity contribution in [3.63, 3.8) is 0 Å². The molecule has 0 atom stereocenters. The van der Waals surface area contributed by atoms with Crippen LogP contribution in [0.1, 0.15) is 13.8 Å². The van der Waals surface area contributed by atoms with E-state index in [9.17, 15) is 13.6 Å². The fraction of sp³-hybridized carbons (Fsp3) is 0.857. The fourth-order valence-electron chi connectivity index (χ4n) is 0.705. The van der Waals surface area contributed by atoms with Gasteiger partial charge in [0.05, 0.1) is 0 Å². The summed E-state index contributed by atoms with van der Waals surface area (Å²) in [5, 5.41) is 8.97. The molecule has 0 bridgehead atoms. The van der Waals surface area contributed by atoms with Crippen molar-refractivity contribution in [1.29, 1.82) is 0 Å². The van der Waals surface area contributed by atoms with E-state index >= 15 is 0 Å². The summed E-state index contributed by atoms with van der Waals surface area (Å²) >= 11 is 0. The van der Waals surface area contributed by atoms with E-state index in [0.29, 0.717) is 0 Å². The van der Waals surface area contributed by atoms with Crippen molar-refractivity contribution in [2.75, 3.05) is 13.3 Å². The first-order chi connectivity index (χ1) is 4.98. The summed E-state index contributed by atoms with van der Waals surface area (Å²) in [6.45, 7) is 0.248. The Balaban J connectivity index is 4.37. The van der Waals surface area contributed by atoms with Gasteiger partial charge in [0.1, 0.15) is 13.3 Å². The van der Waals surface area contributed by atoms with Crippen LogP contribution in [0.3, 0.4) is 0 Å². The van der Waals surface area contributed by atoms with E-state index in [-0.39, 0.29) is 0 Å². The van der Waals surface area contributed by atoms with Gasteiger partial charge in [0.25, 0.3) is 0 Å². The van der Waals surface area contributed by atoms with Crippen molar-refractivity contribution < 1.29 is 18.7 Å². The molecule has 0 aliphatic heterocycles. The molecule has 0 saturated heterocycles. The summed E-state index contributed by atoms with van der Waals surface area (Å²) in [4.78, 5) is 10.9. The van der Waals surface area contributed by atoms with Crippen LogP contribution in [0.15, 0.2) is 0 Å². The molecule has 0 fully saturated rings. The summed E-state index contributed by atoms with van der Waals surface area (Å²) < 4.78 is 23.9. The van der Waals surface area contributed by atoms with Gasteiger partial charge in [-0.3, -0.25) is 4.79 Å². The zero-order chi connectivity index (χ0) is 9.07. The maximum atomic E-state index is 11.9. The van der Waals surface area contributed by atoms with Crippen LogP contribution in [0.5, 0.6) is 0 Å². The molecule has 0 radical (unpaired) electrons. The van der Waals surface area contributed by atoms with Crippen LogP contribution in [0.2, 0.25) is 0 Å². The number of alkyl halides is 2. The van der Waals surface area contributed by atoms with E-state index in [1.54, 1.807) is 0 Å². The van der Waals surface area contributed by atoms with Gasteiger partial charge in [-0.15, -0.1) is 0 Å². The average molecular weight is 166 g/mol. The van der Waals surface area contributed by atoms with Crippen molar-refractivity contribution in [2.24, 2.45) is 5.92 Å². The molecule has 1 N–H and O–H groups in total. The van der Waals surface area contributed by atoms with Gasteiger partial charge in [-0.05, 0) is 0 Å². The van der Waals surface area contributed by atoms with Gasteiger partial charge in [0.15, 0.2) is 11.4 Å². The number of Topliss-reactive ketones (excluding diaryl/α,β-unsaturated/α-hetero) is 1. The molecule has 11 heavy (non-hydrogen) atoms. The van der Waals surface area contributed by atoms with Gasteiger partial charge in [0.2, 0.25) is 0 Å². The molecule has 66 valence electrons. The number of aliphatic hydroxyl groups is 1. The molecular formula is C7H12F2O2. The third-order valence-corrected chi connectivity index (χ3v) is 1.43. The maximum Gasteiger partial charge on any atom is 0.179 e. The van der Waals surface area contributed by atoms with Gasteiger partial charge >= 0.3 is 0 Å². The fourth-order valence-corrected chi connectivity index (χ4v) is 0.705.